The van der Waals surface area contributed by atoms with Gasteiger partial charge >= 0.3 is 0 Å². The largest absolute Gasteiger partial charge is 0.326 e. The number of nitrogens with one attached hydrogen (secondary N) is 2. The Hall–Kier alpha value is -3.54. The van der Waals surface area contributed by atoms with Crippen LogP contribution < -0.4 is 10.6 Å². The number of amides is 2. The Morgan fingerprint density at radius 3 is 2.11 bits per heavy atom. The van der Waals surface area contributed by atoms with E-state index in [1.807, 2.05) is 98.8 Å². The molecule has 6 heteroatoms. The predicted octanol–water partition coefficient (Wildman–Crippen LogP) is 7.61. The van der Waals surface area contributed by atoms with Gasteiger partial charge in [-0.2, -0.15) is 0 Å². The fourth-order valence-corrected chi connectivity index (χ4v) is 4.82. The molecule has 0 fully saturated rings. The third-order valence-electron chi connectivity index (χ3n) is 5.78. The number of aryl methyl sites for hydroxylation is 2. The maximum absolute atomic E-state index is 13.3. The summed E-state index contributed by atoms with van der Waals surface area (Å²) >= 11 is 7.38. The van der Waals surface area contributed by atoms with Crippen molar-refractivity contribution in [1.82, 2.24) is 0 Å². The molecule has 2 amide bonds. The number of hydrogen-bond acceptors (Lipinski definition) is 3. The first kappa shape index (κ1) is 25.5. The zero-order valence-electron chi connectivity index (χ0n) is 20.1. The standard InChI is InChI=1S/C30H27ClN2O2S/c1-20-8-13-26(18-21(20)2)33-30(35)29(23-6-4-3-5-7-23)36-27-16-14-25(15-17-27)32-28(34)19-22-9-11-24(31)12-10-22/h3-18,29H,19H2,1-2H3,(H,32,34)(H,33,35). The molecule has 2 N–H and O–H groups in total. The number of rotatable bonds is 8. The minimum Gasteiger partial charge on any atom is -0.326 e. The summed E-state index contributed by atoms with van der Waals surface area (Å²) in [6.07, 6.45) is 0.266. The number of anilines is 2. The summed E-state index contributed by atoms with van der Waals surface area (Å²) in [6, 6.07) is 30.4. The van der Waals surface area contributed by atoms with Crippen molar-refractivity contribution in [2.45, 2.75) is 30.4 Å². The van der Waals surface area contributed by atoms with E-state index in [0.717, 1.165) is 27.3 Å². The van der Waals surface area contributed by atoms with Crippen molar-refractivity contribution in [1.29, 1.82) is 0 Å². The fraction of sp³-hybridized carbons (Fsp3) is 0.133. The molecule has 4 aromatic rings. The number of benzene rings is 4. The van der Waals surface area contributed by atoms with E-state index in [4.69, 9.17) is 11.6 Å². The average molecular weight is 515 g/mol. The smallest absolute Gasteiger partial charge is 0.242 e. The summed E-state index contributed by atoms with van der Waals surface area (Å²) in [7, 11) is 0. The van der Waals surface area contributed by atoms with E-state index < -0.39 is 5.25 Å². The van der Waals surface area contributed by atoms with Gasteiger partial charge in [0.15, 0.2) is 0 Å². The van der Waals surface area contributed by atoms with Gasteiger partial charge in [-0.1, -0.05) is 60.1 Å². The molecule has 0 saturated carbocycles. The lowest BCUT2D eigenvalue weighted by Crippen LogP contribution is -2.19. The normalized spacial score (nSPS) is 11.5. The van der Waals surface area contributed by atoms with E-state index >= 15 is 0 Å². The Kier molecular flexibility index (Phi) is 8.47. The van der Waals surface area contributed by atoms with Gasteiger partial charge in [-0.25, -0.2) is 0 Å². The summed E-state index contributed by atoms with van der Waals surface area (Å²) in [5.74, 6) is -0.192. The number of halogens is 1. The lowest BCUT2D eigenvalue weighted by molar-refractivity contribution is -0.116. The Balaban J connectivity index is 1.44. The van der Waals surface area contributed by atoms with Crippen molar-refractivity contribution >= 4 is 46.6 Å². The molecule has 0 radical (unpaired) electrons. The molecular weight excluding hydrogens is 488 g/mol. The highest BCUT2D eigenvalue weighted by Crippen LogP contribution is 2.37. The summed E-state index contributed by atoms with van der Waals surface area (Å²) in [5, 5.41) is 6.20. The first-order valence-corrected chi connectivity index (χ1v) is 12.9. The third-order valence-corrected chi connectivity index (χ3v) is 7.30. The minimum absolute atomic E-state index is 0.0882. The molecule has 0 aliphatic rings. The molecule has 4 nitrogen and oxygen atoms in total. The molecule has 0 aromatic heterocycles. The Morgan fingerprint density at radius 1 is 0.778 bits per heavy atom. The molecule has 4 rings (SSSR count). The Labute approximate surface area is 221 Å². The first-order chi connectivity index (χ1) is 17.4. The molecule has 0 bridgehead atoms. The zero-order valence-corrected chi connectivity index (χ0v) is 21.7. The van der Waals surface area contributed by atoms with Crippen LogP contribution in [-0.4, -0.2) is 11.8 Å². The number of carbonyl (C=O) groups excluding carboxylic acids is 2. The Morgan fingerprint density at radius 2 is 1.44 bits per heavy atom. The molecule has 0 aliphatic carbocycles. The van der Waals surface area contributed by atoms with Gasteiger partial charge in [-0.3, -0.25) is 9.59 Å². The van der Waals surface area contributed by atoms with Gasteiger partial charge in [0.25, 0.3) is 0 Å². The van der Waals surface area contributed by atoms with E-state index in [1.165, 1.54) is 17.3 Å². The fourth-order valence-electron chi connectivity index (χ4n) is 3.67. The van der Waals surface area contributed by atoms with Crippen LogP contribution in [0.4, 0.5) is 11.4 Å². The molecule has 4 aromatic carbocycles. The highest BCUT2D eigenvalue weighted by Gasteiger charge is 2.22. The van der Waals surface area contributed by atoms with Gasteiger partial charge in [-0.15, -0.1) is 11.8 Å². The van der Waals surface area contributed by atoms with Crippen LogP contribution in [0.3, 0.4) is 0 Å². The van der Waals surface area contributed by atoms with Gasteiger partial charge < -0.3 is 10.6 Å². The van der Waals surface area contributed by atoms with Crippen molar-refractivity contribution in [3.63, 3.8) is 0 Å². The summed E-state index contributed by atoms with van der Waals surface area (Å²) in [4.78, 5) is 26.7. The average Bonchev–Trinajstić information content (AvgIpc) is 2.87. The molecule has 0 heterocycles. The summed E-state index contributed by atoms with van der Waals surface area (Å²) in [5.41, 5.74) is 5.61. The van der Waals surface area contributed by atoms with Crippen molar-refractivity contribution < 1.29 is 9.59 Å². The van der Waals surface area contributed by atoms with Gasteiger partial charge in [0.05, 0.1) is 6.42 Å². The molecule has 36 heavy (non-hydrogen) atoms. The quantitative estimate of drug-likeness (QED) is 0.238. The van der Waals surface area contributed by atoms with E-state index in [9.17, 15) is 9.59 Å². The van der Waals surface area contributed by atoms with E-state index in [-0.39, 0.29) is 18.2 Å². The first-order valence-electron chi connectivity index (χ1n) is 11.6. The van der Waals surface area contributed by atoms with Gasteiger partial charge in [0, 0.05) is 21.3 Å². The van der Waals surface area contributed by atoms with Gasteiger partial charge in [-0.05, 0) is 84.6 Å². The van der Waals surface area contributed by atoms with E-state index in [0.29, 0.717) is 10.7 Å². The molecule has 0 aliphatic heterocycles. The zero-order chi connectivity index (χ0) is 25.5. The lowest BCUT2D eigenvalue weighted by atomic mass is 10.1. The maximum atomic E-state index is 13.3. The van der Waals surface area contributed by atoms with E-state index in [2.05, 4.69) is 10.6 Å². The van der Waals surface area contributed by atoms with E-state index in [1.54, 1.807) is 12.1 Å². The second-order valence-electron chi connectivity index (χ2n) is 8.57. The minimum atomic E-state index is -0.432. The number of hydrogen-bond donors (Lipinski definition) is 2. The summed E-state index contributed by atoms with van der Waals surface area (Å²) in [6.45, 7) is 4.08. The highest BCUT2D eigenvalue weighted by atomic mass is 35.5. The van der Waals surface area contributed by atoms with Gasteiger partial charge in [0.2, 0.25) is 11.8 Å². The van der Waals surface area contributed by atoms with Crippen molar-refractivity contribution in [2.24, 2.45) is 0 Å². The highest BCUT2D eigenvalue weighted by molar-refractivity contribution is 8.00. The van der Waals surface area contributed by atoms with Crippen LogP contribution in [0, 0.1) is 13.8 Å². The SMILES string of the molecule is Cc1ccc(NC(=O)C(Sc2ccc(NC(=O)Cc3ccc(Cl)cc3)cc2)c2ccccc2)cc1C. The van der Waals surface area contributed by atoms with Crippen LogP contribution in [-0.2, 0) is 16.0 Å². The lowest BCUT2D eigenvalue weighted by Gasteiger charge is -2.18. The van der Waals surface area contributed by atoms with Crippen LogP contribution in [0.15, 0.2) is 102 Å². The molecule has 0 saturated heterocycles. The van der Waals surface area contributed by atoms with Crippen LogP contribution in [0.25, 0.3) is 0 Å². The molecule has 1 atom stereocenters. The molecule has 1 unspecified atom stereocenters. The maximum Gasteiger partial charge on any atom is 0.242 e. The second kappa shape index (κ2) is 11.9. The van der Waals surface area contributed by atoms with Crippen LogP contribution in [0.5, 0.6) is 0 Å². The van der Waals surface area contributed by atoms with Gasteiger partial charge in [0.1, 0.15) is 5.25 Å². The third kappa shape index (κ3) is 7.00. The van der Waals surface area contributed by atoms with Crippen molar-refractivity contribution in [3.05, 3.63) is 124 Å². The van der Waals surface area contributed by atoms with Crippen molar-refractivity contribution in [2.75, 3.05) is 10.6 Å². The topological polar surface area (TPSA) is 58.2 Å². The number of thioether (sulfide) groups is 1. The monoisotopic (exact) mass is 514 g/mol. The van der Waals surface area contributed by atoms with Crippen LogP contribution in [0.2, 0.25) is 5.02 Å². The summed E-state index contributed by atoms with van der Waals surface area (Å²) < 4.78 is 0. The number of carbonyl (C=O) groups is 2. The Bertz CT molecular complexity index is 1340. The van der Waals surface area contributed by atoms with Crippen LogP contribution in [0.1, 0.15) is 27.5 Å². The van der Waals surface area contributed by atoms with Crippen molar-refractivity contribution in [3.8, 4) is 0 Å². The second-order valence-corrected chi connectivity index (χ2v) is 10.2. The predicted molar refractivity (Wildman–Crippen MR) is 150 cm³/mol. The molecule has 0 spiro atoms. The van der Waals surface area contributed by atoms with Crippen LogP contribution >= 0.6 is 23.4 Å². The molecule has 182 valence electrons. The molecular formula is C30H27ClN2O2S.